The highest BCUT2D eigenvalue weighted by molar-refractivity contribution is 8.06. The molecule has 0 amide bonds. The molecule has 72 valence electrons. The van der Waals surface area contributed by atoms with Crippen LogP contribution in [-0.4, -0.2) is 40.3 Å². The minimum Gasteiger partial charge on any atom is -0.390 e. The van der Waals surface area contributed by atoms with Gasteiger partial charge in [-0.15, -0.1) is 0 Å². The van der Waals surface area contributed by atoms with Gasteiger partial charge in [-0.2, -0.15) is 0 Å². The first-order valence-electron chi connectivity index (χ1n) is 3.49. The largest absolute Gasteiger partial charge is 0.390 e. The second-order valence-corrected chi connectivity index (χ2v) is 5.22. The van der Waals surface area contributed by atoms with Gasteiger partial charge in [0.1, 0.15) is 6.10 Å². The molecule has 1 unspecified atom stereocenters. The predicted molar refractivity (Wildman–Crippen MR) is 45.0 cm³/mol. The lowest BCUT2D eigenvalue weighted by Gasteiger charge is -2.15. The van der Waals surface area contributed by atoms with Crippen LogP contribution in [0.25, 0.3) is 0 Å². The van der Waals surface area contributed by atoms with Crippen LogP contribution in [-0.2, 0) is 21.1 Å². The first-order valence-corrected chi connectivity index (χ1v) is 6.11. The van der Waals surface area contributed by atoms with Crippen LogP contribution in [0.1, 0.15) is 6.42 Å². The smallest absolute Gasteiger partial charge is 0.321 e. The Labute approximate surface area is 75.2 Å². The van der Waals surface area contributed by atoms with Crippen molar-refractivity contribution in [2.24, 2.45) is 0 Å². The Morgan fingerprint density at radius 2 is 2.25 bits per heavy atom. The third-order valence-electron chi connectivity index (χ3n) is 1.58. The molecule has 1 aliphatic rings. The van der Waals surface area contributed by atoms with Gasteiger partial charge < -0.3 is 24.2 Å². The highest BCUT2D eigenvalue weighted by Gasteiger charge is 2.27. The van der Waals surface area contributed by atoms with Crippen LogP contribution in [0, 0.1) is 0 Å². The fraction of sp³-hybridized carbons (Fsp3) is 1.00. The van der Waals surface area contributed by atoms with Crippen LogP contribution in [0.5, 0.6) is 0 Å². The number of ether oxygens (including phenoxy) is 1. The number of aliphatic hydroxyl groups excluding tert-OH is 1. The van der Waals surface area contributed by atoms with Gasteiger partial charge in [0.2, 0.25) is 0 Å². The third-order valence-corrected chi connectivity index (χ3v) is 2.38. The van der Waals surface area contributed by atoms with E-state index in [0.717, 1.165) is 0 Å². The van der Waals surface area contributed by atoms with Crippen LogP contribution >= 0.6 is 6.72 Å². The number of hydrogen-bond acceptors (Lipinski definition) is 4. The molecule has 0 radical (unpaired) electrons. The average Bonchev–Trinajstić information content (AvgIpc) is 2.29. The van der Waals surface area contributed by atoms with E-state index in [-0.39, 0.29) is 6.61 Å². The van der Waals surface area contributed by atoms with E-state index in [1.54, 1.807) is 0 Å². The molecule has 0 aliphatic carbocycles. The second-order valence-electron chi connectivity index (χ2n) is 2.55. The molecule has 0 aromatic rings. The zero-order chi connectivity index (χ0) is 9.19. The molecule has 0 aromatic heterocycles. The summed E-state index contributed by atoms with van der Waals surface area (Å²) >= 11 is 4.22. The fourth-order valence-corrected chi connectivity index (χ4v) is 1.49. The van der Waals surface area contributed by atoms with Crippen molar-refractivity contribution in [3.63, 3.8) is 0 Å². The summed E-state index contributed by atoms with van der Waals surface area (Å²) in [5, 5.41) is 9.20. The van der Waals surface area contributed by atoms with E-state index < -0.39 is 18.9 Å². The lowest BCUT2D eigenvalue weighted by atomic mass is 10.2. The van der Waals surface area contributed by atoms with Crippen LogP contribution in [0.2, 0.25) is 0 Å². The van der Waals surface area contributed by atoms with Gasteiger partial charge in [-0.25, -0.2) is 0 Å². The predicted octanol–water partition coefficient (Wildman–Crippen LogP) is -0.638. The number of hydrogen-bond donors (Lipinski definition) is 3. The van der Waals surface area contributed by atoms with Crippen molar-refractivity contribution in [2.45, 2.75) is 18.6 Å². The van der Waals surface area contributed by atoms with Gasteiger partial charge in [-0.3, -0.25) is 0 Å². The minimum absolute atomic E-state index is 0.0640. The normalized spacial score (nSPS) is 30.9. The molecule has 5 nitrogen and oxygen atoms in total. The zero-order valence-electron chi connectivity index (χ0n) is 6.29. The Morgan fingerprint density at radius 1 is 1.58 bits per heavy atom. The van der Waals surface area contributed by atoms with E-state index >= 15 is 0 Å². The van der Waals surface area contributed by atoms with Crippen LogP contribution in [0.15, 0.2) is 0 Å². The molecule has 12 heavy (non-hydrogen) atoms. The van der Waals surface area contributed by atoms with Gasteiger partial charge >= 0.3 is 6.72 Å². The average molecular weight is 214 g/mol. The maximum Gasteiger partial charge on any atom is 0.321 e. The van der Waals surface area contributed by atoms with E-state index in [9.17, 15) is 5.11 Å². The van der Waals surface area contributed by atoms with E-state index in [2.05, 4.69) is 16.3 Å². The Morgan fingerprint density at radius 3 is 2.67 bits per heavy atom. The van der Waals surface area contributed by atoms with E-state index in [1.807, 2.05) is 0 Å². The SMILES string of the molecule is OC1CCO[C@@H]1COP(O)(O)=S. The van der Waals surface area contributed by atoms with Gasteiger partial charge in [0.25, 0.3) is 0 Å². The molecule has 0 bridgehead atoms. The lowest BCUT2D eigenvalue weighted by Crippen LogP contribution is -2.25. The van der Waals surface area contributed by atoms with Gasteiger partial charge in [0.05, 0.1) is 12.7 Å². The topological polar surface area (TPSA) is 79.2 Å². The summed E-state index contributed by atoms with van der Waals surface area (Å²) in [6, 6.07) is 0. The van der Waals surface area contributed by atoms with E-state index in [0.29, 0.717) is 13.0 Å². The summed E-state index contributed by atoms with van der Waals surface area (Å²) in [6.07, 6.45) is -0.522. The monoisotopic (exact) mass is 214 g/mol. The standard InChI is InChI=1S/C5H11O5PS/c6-4-1-2-9-5(4)3-10-11(7,8)12/h4-6H,1-3H2,(H2,7,8,12)/t4?,5-/m1/s1. The van der Waals surface area contributed by atoms with Crippen LogP contribution in [0.3, 0.4) is 0 Å². The van der Waals surface area contributed by atoms with Gasteiger partial charge in [0.15, 0.2) is 0 Å². The maximum absolute atomic E-state index is 9.20. The number of aliphatic hydroxyl groups is 1. The highest BCUT2D eigenvalue weighted by atomic mass is 32.5. The summed E-state index contributed by atoms with van der Waals surface area (Å²) in [6.45, 7) is -3.20. The molecule has 2 atom stereocenters. The Balaban J connectivity index is 2.27. The number of rotatable bonds is 3. The molecule has 0 spiro atoms. The van der Waals surface area contributed by atoms with Crippen molar-refractivity contribution in [1.82, 2.24) is 0 Å². The molecule has 0 aromatic carbocycles. The summed E-state index contributed by atoms with van der Waals surface area (Å²) in [4.78, 5) is 17.4. The summed E-state index contributed by atoms with van der Waals surface area (Å²) < 4.78 is 9.57. The Hall–Kier alpha value is 0.450. The molecule has 1 rings (SSSR count). The van der Waals surface area contributed by atoms with Crippen molar-refractivity contribution in [3.05, 3.63) is 0 Å². The van der Waals surface area contributed by atoms with Crippen molar-refractivity contribution in [2.75, 3.05) is 13.2 Å². The molecule has 1 fully saturated rings. The summed E-state index contributed by atoms with van der Waals surface area (Å²) in [7, 11) is 0. The molecule has 1 saturated heterocycles. The van der Waals surface area contributed by atoms with E-state index in [4.69, 9.17) is 14.5 Å². The van der Waals surface area contributed by atoms with Crippen molar-refractivity contribution in [3.8, 4) is 0 Å². The molecule has 0 saturated carbocycles. The molecule has 3 N–H and O–H groups in total. The molecule has 1 aliphatic heterocycles. The minimum atomic E-state index is -3.60. The van der Waals surface area contributed by atoms with Crippen LogP contribution < -0.4 is 0 Å². The molecule has 7 heteroatoms. The summed E-state index contributed by atoms with van der Waals surface area (Å²) in [5.74, 6) is 0. The van der Waals surface area contributed by atoms with Gasteiger partial charge in [-0.1, -0.05) is 0 Å². The zero-order valence-corrected chi connectivity index (χ0v) is 8.00. The Bertz CT molecular complexity index is 192. The molecule has 1 heterocycles. The Kier molecular flexibility index (Phi) is 3.60. The second kappa shape index (κ2) is 4.11. The third kappa shape index (κ3) is 3.45. The fourth-order valence-electron chi connectivity index (χ4n) is 0.967. The quantitative estimate of drug-likeness (QED) is 0.542. The molecular formula is C5H11O5PS. The first kappa shape index (κ1) is 10.5. The van der Waals surface area contributed by atoms with Gasteiger partial charge in [-0.05, 0) is 18.2 Å². The van der Waals surface area contributed by atoms with E-state index in [1.165, 1.54) is 0 Å². The first-order chi connectivity index (χ1) is 5.49. The molecular weight excluding hydrogens is 203 g/mol. The van der Waals surface area contributed by atoms with Crippen LogP contribution in [0.4, 0.5) is 0 Å². The summed E-state index contributed by atoms with van der Waals surface area (Å²) in [5.41, 5.74) is 0. The van der Waals surface area contributed by atoms with Crippen molar-refractivity contribution < 1.29 is 24.2 Å². The van der Waals surface area contributed by atoms with Gasteiger partial charge in [0, 0.05) is 6.61 Å². The maximum atomic E-state index is 9.20. The highest BCUT2D eigenvalue weighted by Crippen LogP contribution is 2.37. The van der Waals surface area contributed by atoms with Crippen molar-refractivity contribution in [1.29, 1.82) is 0 Å². The lowest BCUT2D eigenvalue weighted by molar-refractivity contribution is 0.00788. The van der Waals surface area contributed by atoms with Crippen molar-refractivity contribution >= 4 is 18.5 Å².